The molecule has 8 rings (SSSR count). The molecule has 37 heteroatoms. The van der Waals surface area contributed by atoms with Crippen molar-refractivity contribution in [1.82, 2.24) is 65.2 Å². The SMILES string of the molecule is CC(C)[C@H](NC(=O)CCN1C(=O)C=CC1=O)C(=O)N[C@@H](CCCNC(N)=O)C(=O)NCCCC(=O)Nc1ncnc2c1ncn2[C@@H]1O[C@@H]2COP(O)(=S)O[C@H]3[C@@H](F)[C@H](n4cnc5c(N)ncnc54)O[C@@H]3COP(=O)(S)O[C@H]2[C@H]1F. The molecule has 12 atom stereocenters. The van der Waals surface area contributed by atoms with Gasteiger partial charge in [0.1, 0.15) is 54.7 Å². The van der Waals surface area contributed by atoms with Crippen molar-refractivity contribution >= 4 is 113 Å². The lowest BCUT2D eigenvalue weighted by Gasteiger charge is -2.29. The van der Waals surface area contributed by atoms with Crippen LogP contribution >= 0.6 is 25.8 Å². The van der Waals surface area contributed by atoms with Crippen molar-refractivity contribution < 1.29 is 79.4 Å². The van der Waals surface area contributed by atoms with E-state index >= 15 is 8.78 Å². The molecule has 0 spiro atoms. The number of nitrogens with one attached hydrogen (secondary N) is 5. The Morgan fingerprint density at radius 1 is 0.810 bits per heavy atom. The molecule has 4 aromatic rings. The van der Waals surface area contributed by atoms with Crippen LogP contribution in [0.2, 0.25) is 0 Å². The van der Waals surface area contributed by atoms with Crippen LogP contribution in [-0.4, -0.2) is 172 Å². The lowest BCUT2D eigenvalue weighted by atomic mass is 10.0. The van der Waals surface area contributed by atoms with Gasteiger partial charge in [0.2, 0.25) is 23.6 Å². The first-order valence-corrected chi connectivity index (χ1v) is 29.5. The summed E-state index contributed by atoms with van der Waals surface area (Å²) in [5, 5.41) is 12.9. The number of anilines is 2. The maximum Gasteiger partial charge on any atom is 0.386 e. The van der Waals surface area contributed by atoms with E-state index in [1.807, 2.05) is 0 Å². The van der Waals surface area contributed by atoms with Gasteiger partial charge in [0.15, 0.2) is 53.2 Å². The summed E-state index contributed by atoms with van der Waals surface area (Å²) in [7, 11) is 0. The van der Waals surface area contributed by atoms with E-state index in [9.17, 15) is 43.0 Å². The minimum atomic E-state index is -4.56. The van der Waals surface area contributed by atoms with Crippen LogP contribution < -0.4 is 38.1 Å². The van der Waals surface area contributed by atoms with Gasteiger partial charge < -0.3 is 56.9 Å². The van der Waals surface area contributed by atoms with E-state index in [0.29, 0.717) is 0 Å². The van der Waals surface area contributed by atoms with Crippen LogP contribution in [0.4, 0.5) is 25.2 Å². The van der Waals surface area contributed by atoms with E-state index in [1.54, 1.807) is 13.8 Å². The zero-order chi connectivity index (χ0) is 56.9. The number of hydrogen-bond acceptors (Lipinski definition) is 22. The van der Waals surface area contributed by atoms with Gasteiger partial charge in [-0.1, -0.05) is 26.1 Å². The van der Waals surface area contributed by atoms with Gasteiger partial charge in [0.05, 0.1) is 25.9 Å². The Balaban J connectivity index is 0.863. The topological polar surface area (TPSA) is 415 Å². The minimum Gasteiger partial charge on any atom is -0.382 e. The molecule has 31 nitrogen and oxygen atoms in total. The zero-order valence-electron chi connectivity index (χ0n) is 41.7. The number of amides is 8. The molecule has 428 valence electrons. The quantitative estimate of drug-likeness (QED) is 0.0258. The Kier molecular flexibility index (Phi) is 18.7. The number of aromatic nitrogens is 8. The summed E-state index contributed by atoms with van der Waals surface area (Å²) in [6.45, 7) is -7.34. The lowest BCUT2D eigenvalue weighted by molar-refractivity contribution is -0.138. The third kappa shape index (κ3) is 14.0. The number of carbonyl (C=O) groups is 7. The number of hydrogen-bond donors (Lipinski definition) is 9. The van der Waals surface area contributed by atoms with Crippen molar-refractivity contribution in [1.29, 1.82) is 0 Å². The number of thiol groups is 1. The van der Waals surface area contributed by atoms with Gasteiger partial charge in [0.25, 0.3) is 11.8 Å². The highest BCUT2D eigenvalue weighted by Crippen LogP contribution is 2.59. The van der Waals surface area contributed by atoms with Gasteiger partial charge in [0, 0.05) is 44.6 Å². The number of alkyl halides is 2. The summed E-state index contributed by atoms with van der Waals surface area (Å²) in [6, 6.07) is -3.10. The highest BCUT2D eigenvalue weighted by Gasteiger charge is 2.54. The average Bonchev–Trinajstić information content (AvgIpc) is 4.33. The number of urea groups is 1. The number of nitrogens with zero attached hydrogens (tertiary/aromatic N) is 9. The van der Waals surface area contributed by atoms with Crippen LogP contribution in [0.1, 0.15) is 58.4 Å². The number of imide groups is 1. The Morgan fingerprint density at radius 3 is 2.05 bits per heavy atom. The van der Waals surface area contributed by atoms with E-state index in [1.165, 1.54) is 10.9 Å². The van der Waals surface area contributed by atoms with Crippen molar-refractivity contribution in [3.8, 4) is 0 Å². The molecule has 0 saturated carbocycles. The number of rotatable bonds is 19. The number of carbonyl (C=O) groups excluding carboxylic acids is 7. The second-order valence-electron chi connectivity index (χ2n) is 18.5. The van der Waals surface area contributed by atoms with Crippen molar-refractivity contribution in [2.24, 2.45) is 11.7 Å². The van der Waals surface area contributed by atoms with Gasteiger partial charge in [-0.05, 0) is 37.0 Å². The number of ether oxygens (including phenoxy) is 2. The Morgan fingerprint density at radius 2 is 1.41 bits per heavy atom. The molecule has 10 N–H and O–H groups in total. The Labute approximate surface area is 456 Å². The van der Waals surface area contributed by atoms with E-state index in [-0.39, 0.29) is 85.7 Å². The molecule has 4 aromatic heterocycles. The third-order valence-corrected chi connectivity index (χ3v) is 15.8. The van der Waals surface area contributed by atoms with Gasteiger partial charge in [-0.15, -0.1) is 0 Å². The van der Waals surface area contributed by atoms with E-state index in [4.69, 9.17) is 50.8 Å². The van der Waals surface area contributed by atoms with E-state index in [0.717, 1.165) is 40.6 Å². The summed E-state index contributed by atoms with van der Waals surface area (Å²) >= 11 is 9.29. The van der Waals surface area contributed by atoms with E-state index < -0.39 is 135 Å². The second kappa shape index (κ2) is 25.0. The molecule has 3 fully saturated rings. The number of nitrogen functional groups attached to an aromatic ring is 1. The van der Waals surface area contributed by atoms with Crippen molar-refractivity contribution in [2.75, 3.05) is 43.9 Å². The van der Waals surface area contributed by atoms with Gasteiger partial charge >= 0.3 is 19.5 Å². The maximum atomic E-state index is 16.7. The summed E-state index contributed by atoms with van der Waals surface area (Å²) in [5.41, 5.74) is 11.2. The molecule has 0 bridgehead atoms. The minimum absolute atomic E-state index is 0.0102. The largest absolute Gasteiger partial charge is 0.386 e. The fourth-order valence-electron chi connectivity index (χ4n) is 8.72. The molecular weight excluding hydrogens is 1130 g/mol. The number of halogens is 2. The van der Waals surface area contributed by atoms with Crippen LogP contribution in [-0.2, 0) is 72.7 Å². The number of nitrogens with two attached hydrogens (primary N) is 2. The maximum absolute atomic E-state index is 16.7. The predicted molar refractivity (Wildman–Crippen MR) is 274 cm³/mol. The zero-order valence-corrected chi connectivity index (χ0v) is 45.2. The Bertz CT molecular complexity index is 3110. The Hall–Kier alpha value is -6.26. The van der Waals surface area contributed by atoms with Gasteiger partial charge in [-0.25, -0.2) is 48.0 Å². The fourth-order valence-corrected chi connectivity index (χ4v) is 11.6. The van der Waals surface area contributed by atoms with Crippen LogP contribution in [0.5, 0.6) is 0 Å². The first-order valence-electron chi connectivity index (χ1n) is 24.3. The number of imidazole rings is 2. The molecule has 79 heavy (non-hydrogen) atoms. The van der Waals surface area contributed by atoms with Crippen LogP contribution in [0.15, 0.2) is 37.5 Å². The normalized spacial score (nSPS) is 27.9. The van der Waals surface area contributed by atoms with Crippen molar-refractivity contribution in [3.63, 3.8) is 0 Å². The molecule has 4 aliphatic rings. The highest BCUT2D eigenvalue weighted by atomic mass is 32.7. The van der Waals surface area contributed by atoms with Gasteiger partial charge in [-0.2, -0.15) is 0 Å². The van der Waals surface area contributed by atoms with Crippen molar-refractivity contribution in [2.45, 2.75) is 107 Å². The molecular formula is C42H54F2N16O15P2S2. The molecule has 0 aliphatic carbocycles. The molecule has 8 heterocycles. The summed E-state index contributed by atoms with van der Waals surface area (Å²) < 4.78 is 83.2. The summed E-state index contributed by atoms with van der Waals surface area (Å²) in [6.07, 6.45) is -7.34. The highest BCUT2D eigenvalue weighted by molar-refractivity contribution is 8.44. The van der Waals surface area contributed by atoms with Crippen LogP contribution in [0.3, 0.4) is 0 Å². The second-order valence-corrected chi connectivity index (χ2v) is 24.1. The van der Waals surface area contributed by atoms with Gasteiger partial charge in [-0.3, -0.25) is 56.4 Å². The monoisotopic (exact) mass is 1190 g/mol. The fraction of sp³-hybridized carbons (Fsp3) is 0.548. The van der Waals surface area contributed by atoms with Crippen LogP contribution in [0.25, 0.3) is 22.3 Å². The molecule has 3 saturated heterocycles. The lowest BCUT2D eigenvalue weighted by Crippen LogP contribution is -2.55. The molecule has 2 unspecified atom stereocenters. The third-order valence-electron chi connectivity index (χ3n) is 12.6. The number of primary amides is 1. The predicted octanol–water partition coefficient (Wildman–Crippen LogP) is 0.0154. The van der Waals surface area contributed by atoms with E-state index in [2.05, 4.69) is 68.7 Å². The first-order chi connectivity index (χ1) is 37.5. The number of fused-ring (bicyclic) bond motifs is 4. The molecule has 0 radical (unpaired) electrons. The molecule has 4 aliphatic heterocycles. The van der Waals surface area contributed by atoms with Crippen molar-refractivity contribution in [3.05, 3.63) is 37.5 Å². The molecule has 8 amide bonds. The first kappa shape index (κ1) is 58.9. The standard InChI is InChI=1S/C42H54F2N16O15P2S2/c1-19(2)29(56-24(62)9-12-58-25(63)7-8-26(58)64)39(66)55-20(5-3-11-48-42(46)67)38(65)47-10-4-6-23(61)57-35-31-37(52-16-50-35)60(18-54-31)41-28(44)33-22(73-41)14-71-76(68,78)74-32-21(13-70-77(69,79)75-33)72-40(27(32)43)59-17-53-30-34(45)49-15-51-36(30)59/h7-8,15-22,27-29,32-33,40-41H,3-6,9-14H2,1-2H3,(H,47,65)(H,55,66)(H,56,62)(H,68,78)(H,69,79)(H2,45,49,51)(H3,46,48,67)(H,50,52,57,61)/t20-,21+,22+,27+,28+,29-,32+,33+,40+,41+,76?,77?/m0/s1. The smallest absolute Gasteiger partial charge is 0.382 e. The average molecular weight is 1190 g/mol. The summed E-state index contributed by atoms with van der Waals surface area (Å²) in [4.78, 5) is 125. The molecule has 0 aromatic carbocycles. The van der Waals surface area contributed by atoms with Crippen LogP contribution in [0, 0.1) is 5.92 Å². The summed E-state index contributed by atoms with van der Waals surface area (Å²) in [5.74, 6) is -4.27.